The lowest BCUT2D eigenvalue weighted by molar-refractivity contribution is -0.126. The van der Waals surface area contributed by atoms with Crippen LogP contribution in [0.1, 0.15) is 12.8 Å². The number of hydrogen-bond donors (Lipinski definition) is 0. The number of thioether (sulfide) groups is 1. The molecule has 6 nitrogen and oxygen atoms in total. The van der Waals surface area contributed by atoms with Crippen LogP contribution in [0.4, 0.5) is 10.1 Å². The number of ether oxygens (including phenoxy) is 1. The SMILES string of the molecule is O=C(N=C1S[C@H]2CS(=O)(=O)C[C@@H]2N1c1cccc(F)c1)[C@@H]1CCCO1. The molecule has 0 bridgehead atoms. The van der Waals surface area contributed by atoms with Crippen molar-refractivity contribution in [2.75, 3.05) is 23.0 Å². The number of sulfone groups is 1. The summed E-state index contributed by atoms with van der Waals surface area (Å²) in [6.07, 6.45) is 0.930. The molecule has 3 aliphatic rings. The van der Waals surface area contributed by atoms with Crippen LogP contribution in [-0.2, 0) is 19.4 Å². The number of amides is 1. The van der Waals surface area contributed by atoms with Crippen LogP contribution in [0.15, 0.2) is 29.3 Å². The lowest BCUT2D eigenvalue weighted by atomic mass is 10.2. The average Bonchev–Trinajstić information content (AvgIpc) is 3.21. The van der Waals surface area contributed by atoms with Gasteiger partial charge in [-0.15, -0.1) is 0 Å². The van der Waals surface area contributed by atoms with E-state index in [0.29, 0.717) is 23.9 Å². The Morgan fingerprint density at radius 2 is 2.20 bits per heavy atom. The zero-order valence-electron chi connectivity index (χ0n) is 13.3. The molecule has 3 aliphatic heterocycles. The maximum absolute atomic E-state index is 13.7. The van der Waals surface area contributed by atoms with Crippen molar-refractivity contribution in [2.24, 2.45) is 4.99 Å². The van der Waals surface area contributed by atoms with Gasteiger partial charge in [0.05, 0.1) is 17.5 Å². The predicted octanol–water partition coefficient (Wildman–Crippen LogP) is 1.61. The van der Waals surface area contributed by atoms with Crippen molar-refractivity contribution in [3.8, 4) is 0 Å². The van der Waals surface area contributed by atoms with Gasteiger partial charge in [-0.2, -0.15) is 4.99 Å². The summed E-state index contributed by atoms with van der Waals surface area (Å²) >= 11 is 1.28. The number of fused-ring (bicyclic) bond motifs is 1. The molecule has 3 saturated heterocycles. The van der Waals surface area contributed by atoms with Gasteiger partial charge in [0.2, 0.25) is 0 Å². The first-order valence-electron chi connectivity index (χ1n) is 8.09. The molecule has 1 aromatic carbocycles. The summed E-state index contributed by atoms with van der Waals surface area (Å²) < 4.78 is 43.0. The molecule has 3 atom stereocenters. The highest BCUT2D eigenvalue weighted by atomic mass is 32.2. The van der Waals surface area contributed by atoms with Gasteiger partial charge in [-0.1, -0.05) is 17.8 Å². The Balaban J connectivity index is 1.69. The standard InChI is InChI=1S/C16H17FN2O4S2/c17-10-3-1-4-11(7-10)19-12-8-25(21,22)9-14(12)24-16(19)18-15(20)13-5-2-6-23-13/h1,3-4,7,12-14H,2,5-6,8-9H2/t12-,13-,14-/m0/s1. The number of nitrogens with zero attached hydrogens (tertiary/aromatic N) is 2. The number of benzene rings is 1. The van der Waals surface area contributed by atoms with Gasteiger partial charge in [-0.05, 0) is 31.0 Å². The van der Waals surface area contributed by atoms with Crippen LogP contribution in [-0.4, -0.2) is 55.0 Å². The normalized spacial score (nSPS) is 32.3. The maximum atomic E-state index is 13.7. The molecule has 134 valence electrons. The van der Waals surface area contributed by atoms with Crippen molar-refractivity contribution in [3.05, 3.63) is 30.1 Å². The van der Waals surface area contributed by atoms with E-state index in [2.05, 4.69) is 4.99 Å². The Bertz CT molecular complexity index is 836. The Morgan fingerprint density at radius 1 is 1.36 bits per heavy atom. The lowest BCUT2D eigenvalue weighted by Crippen LogP contribution is -2.38. The van der Waals surface area contributed by atoms with Crippen LogP contribution in [0.5, 0.6) is 0 Å². The molecule has 4 rings (SSSR count). The first-order chi connectivity index (χ1) is 11.9. The van der Waals surface area contributed by atoms with Crippen molar-refractivity contribution in [1.29, 1.82) is 0 Å². The number of carbonyl (C=O) groups excluding carboxylic acids is 1. The minimum absolute atomic E-state index is 0.0195. The Labute approximate surface area is 149 Å². The molecule has 0 saturated carbocycles. The summed E-state index contributed by atoms with van der Waals surface area (Å²) in [7, 11) is -3.14. The number of aliphatic imine (C=N–C) groups is 1. The van der Waals surface area contributed by atoms with Crippen molar-refractivity contribution >= 4 is 38.4 Å². The fourth-order valence-corrected chi connectivity index (χ4v) is 7.35. The second kappa shape index (κ2) is 6.37. The zero-order chi connectivity index (χ0) is 17.6. The quantitative estimate of drug-likeness (QED) is 0.771. The topological polar surface area (TPSA) is 76.0 Å². The highest BCUT2D eigenvalue weighted by molar-refractivity contribution is 8.16. The van der Waals surface area contributed by atoms with Crippen molar-refractivity contribution in [3.63, 3.8) is 0 Å². The third-order valence-electron chi connectivity index (χ3n) is 4.56. The Hall–Kier alpha value is -1.45. The van der Waals surface area contributed by atoms with Crippen molar-refractivity contribution in [2.45, 2.75) is 30.2 Å². The zero-order valence-corrected chi connectivity index (χ0v) is 14.9. The number of rotatable bonds is 2. The number of halogens is 1. The van der Waals surface area contributed by atoms with Gasteiger partial charge < -0.3 is 9.64 Å². The molecule has 0 N–H and O–H groups in total. The van der Waals surface area contributed by atoms with Crippen LogP contribution in [0.25, 0.3) is 0 Å². The molecular formula is C16H17FN2O4S2. The van der Waals surface area contributed by atoms with E-state index in [9.17, 15) is 17.6 Å². The highest BCUT2D eigenvalue weighted by Gasteiger charge is 2.49. The first-order valence-corrected chi connectivity index (χ1v) is 10.8. The van der Waals surface area contributed by atoms with E-state index in [4.69, 9.17) is 4.74 Å². The largest absolute Gasteiger partial charge is 0.368 e. The molecule has 1 aromatic rings. The third kappa shape index (κ3) is 3.32. The molecule has 0 spiro atoms. The highest BCUT2D eigenvalue weighted by Crippen LogP contribution is 2.41. The monoisotopic (exact) mass is 384 g/mol. The van der Waals surface area contributed by atoms with E-state index in [0.717, 1.165) is 6.42 Å². The van der Waals surface area contributed by atoms with E-state index in [1.807, 2.05) is 0 Å². The summed E-state index contributed by atoms with van der Waals surface area (Å²) in [5.41, 5.74) is 0.510. The molecule has 0 aliphatic carbocycles. The molecule has 0 radical (unpaired) electrons. The van der Waals surface area contributed by atoms with Gasteiger partial charge in [0.25, 0.3) is 5.91 Å². The minimum atomic E-state index is -3.14. The van der Waals surface area contributed by atoms with E-state index < -0.39 is 21.8 Å². The fourth-order valence-electron chi connectivity index (χ4n) is 3.43. The summed E-state index contributed by atoms with van der Waals surface area (Å²) in [6, 6.07) is 5.58. The molecule has 0 unspecified atom stereocenters. The summed E-state index contributed by atoms with van der Waals surface area (Å²) in [5.74, 6) is -0.754. The van der Waals surface area contributed by atoms with Gasteiger partial charge in [-0.3, -0.25) is 4.79 Å². The number of anilines is 1. The van der Waals surface area contributed by atoms with Gasteiger partial charge in [-0.25, -0.2) is 12.8 Å². The van der Waals surface area contributed by atoms with Crippen LogP contribution in [0.2, 0.25) is 0 Å². The van der Waals surface area contributed by atoms with Gasteiger partial charge in [0.15, 0.2) is 15.0 Å². The van der Waals surface area contributed by atoms with Crippen LogP contribution in [0, 0.1) is 5.82 Å². The van der Waals surface area contributed by atoms with E-state index in [1.54, 1.807) is 17.0 Å². The number of hydrogen-bond acceptors (Lipinski definition) is 5. The van der Waals surface area contributed by atoms with Crippen molar-refractivity contribution < 1.29 is 22.3 Å². The second-order valence-corrected chi connectivity index (χ2v) is 9.74. The minimum Gasteiger partial charge on any atom is -0.368 e. The lowest BCUT2D eigenvalue weighted by Gasteiger charge is -2.24. The Kier molecular flexibility index (Phi) is 4.33. The number of amidine groups is 1. The Morgan fingerprint density at radius 3 is 2.92 bits per heavy atom. The molecule has 25 heavy (non-hydrogen) atoms. The molecule has 3 heterocycles. The van der Waals surface area contributed by atoms with Crippen LogP contribution in [0.3, 0.4) is 0 Å². The van der Waals surface area contributed by atoms with Crippen LogP contribution < -0.4 is 4.90 Å². The van der Waals surface area contributed by atoms with Crippen LogP contribution >= 0.6 is 11.8 Å². The van der Waals surface area contributed by atoms with E-state index in [1.165, 1.54) is 23.9 Å². The smallest absolute Gasteiger partial charge is 0.277 e. The predicted molar refractivity (Wildman–Crippen MR) is 94.1 cm³/mol. The van der Waals surface area contributed by atoms with Gasteiger partial charge in [0, 0.05) is 17.5 Å². The number of carbonyl (C=O) groups is 1. The molecule has 0 aromatic heterocycles. The van der Waals surface area contributed by atoms with Gasteiger partial charge in [0.1, 0.15) is 11.9 Å². The van der Waals surface area contributed by atoms with Crippen molar-refractivity contribution in [1.82, 2.24) is 0 Å². The molecule has 3 fully saturated rings. The van der Waals surface area contributed by atoms with Gasteiger partial charge >= 0.3 is 0 Å². The molecule has 1 amide bonds. The van der Waals surface area contributed by atoms with E-state index in [-0.39, 0.29) is 28.7 Å². The third-order valence-corrected chi connectivity index (χ3v) is 7.77. The summed E-state index contributed by atoms with van der Waals surface area (Å²) in [6.45, 7) is 0.547. The first kappa shape index (κ1) is 17.0. The maximum Gasteiger partial charge on any atom is 0.277 e. The summed E-state index contributed by atoms with van der Waals surface area (Å²) in [5, 5.41) is 0.223. The molecule has 9 heteroatoms. The second-order valence-electron chi connectivity index (χ2n) is 6.38. The molecular weight excluding hydrogens is 367 g/mol. The fraction of sp³-hybridized carbons (Fsp3) is 0.500. The summed E-state index contributed by atoms with van der Waals surface area (Å²) in [4.78, 5) is 18.2. The average molecular weight is 384 g/mol. The van der Waals surface area contributed by atoms with E-state index >= 15 is 0 Å².